The van der Waals surface area contributed by atoms with Crippen molar-refractivity contribution in [3.8, 4) is 16.9 Å². The molecule has 0 aliphatic heterocycles. The second-order valence-corrected chi connectivity index (χ2v) is 9.38. The highest BCUT2D eigenvalue weighted by molar-refractivity contribution is 5.61. The molecule has 0 saturated carbocycles. The van der Waals surface area contributed by atoms with Crippen molar-refractivity contribution in [2.45, 2.75) is 58.7 Å². The number of benzene rings is 1. The summed E-state index contributed by atoms with van der Waals surface area (Å²) in [5, 5.41) is 1.38. The molecule has 0 N–H and O–H groups in total. The SMILES string of the molecule is CCCn1c(-c2ccc(-n3ccnc3)cc2)cnc1C(Cc1ccccn1)N(C=O)OC(C)(C)C. The number of pyridine rings is 1. The van der Waals surface area contributed by atoms with Crippen LogP contribution in [0.15, 0.2) is 73.6 Å². The summed E-state index contributed by atoms with van der Waals surface area (Å²) in [5.41, 5.74) is 3.39. The molecule has 4 aromatic rings. The molecular weight excluding hydrogens is 440 g/mol. The van der Waals surface area contributed by atoms with Gasteiger partial charge in [-0.3, -0.25) is 14.6 Å². The fourth-order valence-electron chi connectivity index (χ4n) is 4.05. The minimum atomic E-state index is -0.544. The van der Waals surface area contributed by atoms with E-state index in [9.17, 15) is 4.79 Å². The van der Waals surface area contributed by atoms with Gasteiger partial charge >= 0.3 is 0 Å². The molecule has 1 atom stereocenters. The van der Waals surface area contributed by atoms with Gasteiger partial charge in [-0.2, -0.15) is 0 Å². The van der Waals surface area contributed by atoms with E-state index in [4.69, 9.17) is 9.82 Å². The summed E-state index contributed by atoms with van der Waals surface area (Å²) < 4.78 is 4.15. The van der Waals surface area contributed by atoms with Crippen molar-refractivity contribution in [1.29, 1.82) is 0 Å². The van der Waals surface area contributed by atoms with E-state index in [0.717, 1.165) is 47.8 Å². The summed E-state index contributed by atoms with van der Waals surface area (Å²) in [7, 11) is 0. The number of hydrogen-bond donors (Lipinski definition) is 0. The lowest BCUT2D eigenvalue weighted by Gasteiger charge is -2.33. The molecule has 8 nitrogen and oxygen atoms in total. The third kappa shape index (κ3) is 5.84. The van der Waals surface area contributed by atoms with E-state index in [2.05, 4.69) is 45.7 Å². The maximum Gasteiger partial charge on any atom is 0.234 e. The molecule has 1 amide bonds. The van der Waals surface area contributed by atoms with Crippen LogP contribution in [0.1, 0.15) is 51.7 Å². The first-order valence-electron chi connectivity index (χ1n) is 11.9. The molecule has 0 fully saturated rings. The largest absolute Gasteiger partial charge is 0.326 e. The topological polar surface area (TPSA) is 78.1 Å². The smallest absolute Gasteiger partial charge is 0.234 e. The quantitative estimate of drug-likeness (QED) is 0.239. The van der Waals surface area contributed by atoms with E-state index in [1.807, 2.05) is 55.9 Å². The van der Waals surface area contributed by atoms with Crippen molar-refractivity contribution in [3.63, 3.8) is 0 Å². The van der Waals surface area contributed by atoms with Gasteiger partial charge in [0.1, 0.15) is 11.9 Å². The monoisotopic (exact) mass is 472 g/mol. The van der Waals surface area contributed by atoms with Crippen molar-refractivity contribution >= 4 is 6.41 Å². The lowest BCUT2D eigenvalue weighted by Crippen LogP contribution is -2.38. The lowest BCUT2D eigenvalue weighted by atomic mass is 10.1. The van der Waals surface area contributed by atoms with Crippen molar-refractivity contribution in [2.24, 2.45) is 0 Å². The number of hydroxylamine groups is 2. The minimum absolute atomic E-state index is 0.438. The first kappa shape index (κ1) is 24.3. The Morgan fingerprint density at radius 1 is 1.09 bits per heavy atom. The molecular formula is C27H32N6O2. The predicted molar refractivity (Wildman–Crippen MR) is 134 cm³/mol. The Morgan fingerprint density at radius 3 is 2.49 bits per heavy atom. The zero-order chi connectivity index (χ0) is 24.8. The van der Waals surface area contributed by atoms with E-state index in [1.54, 1.807) is 18.7 Å². The Hall–Kier alpha value is -3.78. The number of aromatic nitrogens is 5. The second-order valence-electron chi connectivity index (χ2n) is 9.38. The molecule has 0 spiro atoms. The number of carbonyl (C=O) groups excluding carboxylic acids is 1. The van der Waals surface area contributed by atoms with Crippen LogP contribution in [0.5, 0.6) is 0 Å². The molecule has 0 bridgehead atoms. The number of carbonyl (C=O) groups is 1. The Kier molecular flexibility index (Phi) is 7.41. The highest BCUT2D eigenvalue weighted by atomic mass is 16.7. The van der Waals surface area contributed by atoms with Gasteiger partial charge in [-0.25, -0.2) is 15.0 Å². The minimum Gasteiger partial charge on any atom is -0.326 e. The molecule has 182 valence electrons. The van der Waals surface area contributed by atoms with Crippen molar-refractivity contribution in [1.82, 2.24) is 29.1 Å². The van der Waals surface area contributed by atoms with E-state index < -0.39 is 11.6 Å². The van der Waals surface area contributed by atoms with Gasteiger partial charge in [-0.15, -0.1) is 0 Å². The highest BCUT2D eigenvalue weighted by Crippen LogP contribution is 2.31. The van der Waals surface area contributed by atoms with Gasteiger partial charge in [0.25, 0.3) is 0 Å². The summed E-state index contributed by atoms with van der Waals surface area (Å²) in [6.45, 7) is 8.66. The summed E-state index contributed by atoms with van der Waals surface area (Å²) in [6.07, 6.45) is 11.2. The van der Waals surface area contributed by atoms with Gasteiger partial charge in [-0.05, 0) is 57.0 Å². The molecule has 0 aliphatic rings. The third-order valence-corrected chi connectivity index (χ3v) is 5.52. The van der Waals surface area contributed by atoms with Crippen LogP contribution in [-0.4, -0.2) is 41.2 Å². The zero-order valence-corrected chi connectivity index (χ0v) is 20.7. The van der Waals surface area contributed by atoms with Crippen LogP contribution in [0.4, 0.5) is 0 Å². The van der Waals surface area contributed by atoms with Crippen LogP contribution in [0.3, 0.4) is 0 Å². The average molecular weight is 473 g/mol. The number of nitrogens with zero attached hydrogens (tertiary/aromatic N) is 6. The summed E-state index contributed by atoms with van der Waals surface area (Å²) >= 11 is 0. The number of imidazole rings is 2. The van der Waals surface area contributed by atoms with Gasteiger partial charge in [0, 0.05) is 42.9 Å². The molecule has 0 aliphatic carbocycles. The Labute approximate surface area is 206 Å². The van der Waals surface area contributed by atoms with E-state index in [0.29, 0.717) is 6.42 Å². The molecule has 1 aromatic carbocycles. The van der Waals surface area contributed by atoms with E-state index in [1.165, 1.54) is 5.06 Å². The molecule has 8 heteroatoms. The second kappa shape index (κ2) is 10.7. The van der Waals surface area contributed by atoms with Crippen LogP contribution < -0.4 is 0 Å². The van der Waals surface area contributed by atoms with Crippen LogP contribution >= 0.6 is 0 Å². The third-order valence-electron chi connectivity index (χ3n) is 5.52. The molecule has 1 unspecified atom stereocenters. The molecule has 4 rings (SSSR count). The van der Waals surface area contributed by atoms with E-state index >= 15 is 0 Å². The fraction of sp³-hybridized carbons (Fsp3) is 0.333. The standard InChI is InChI=1S/C27H32N6O2/c1-5-15-32-25(21-9-11-23(12-10-21)31-16-14-28-19-31)18-30-26(32)24(17-22-8-6-7-13-29-22)33(20-34)35-27(2,3)4/h6-14,16,18-20,24H,5,15,17H2,1-4H3. The van der Waals surface area contributed by atoms with Crippen LogP contribution in [0.2, 0.25) is 0 Å². The predicted octanol–water partition coefficient (Wildman–Crippen LogP) is 5.01. The maximum absolute atomic E-state index is 12.2. The van der Waals surface area contributed by atoms with Crippen LogP contribution in [0.25, 0.3) is 16.9 Å². The molecule has 35 heavy (non-hydrogen) atoms. The van der Waals surface area contributed by atoms with Gasteiger partial charge < -0.3 is 9.13 Å². The molecule has 3 heterocycles. The summed E-state index contributed by atoms with van der Waals surface area (Å²) in [4.78, 5) is 31.7. The first-order chi connectivity index (χ1) is 16.9. The molecule has 0 radical (unpaired) electrons. The normalized spacial score (nSPS) is 12.5. The summed E-state index contributed by atoms with van der Waals surface area (Å²) in [5.74, 6) is 0.766. The molecule has 0 saturated heterocycles. The number of amides is 1. The van der Waals surface area contributed by atoms with Crippen molar-refractivity contribution in [3.05, 3.63) is 85.1 Å². The van der Waals surface area contributed by atoms with Gasteiger partial charge in [0.05, 0.1) is 23.8 Å². The first-order valence-corrected chi connectivity index (χ1v) is 11.9. The Bertz CT molecular complexity index is 1210. The van der Waals surface area contributed by atoms with Gasteiger partial charge in [0.2, 0.25) is 6.41 Å². The van der Waals surface area contributed by atoms with Gasteiger partial charge in [-0.1, -0.05) is 25.1 Å². The highest BCUT2D eigenvalue weighted by Gasteiger charge is 2.30. The Balaban J connectivity index is 1.74. The molecule has 3 aromatic heterocycles. The van der Waals surface area contributed by atoms with Gasteiger partial charge in [0.15, 0.2) is 0 Å². The number of rotatable bonds is 10. The zero-order valence-electron chi connectivity index (χ0n) is 20.7. The van der Waals surface area contributed by atoms with Crippen LogP contribution in [0, 0.1) is 0 Å². The van der Waals surface area contributed by atoms with Crippen molar-refractivity contribution in [2.75, 3.05) is 0 Å². The van der Waals surface area contributed by atoms with Crippen molar-refractivity contribution < 1.29 is 9.63 Å². The summed E-state index contributed by atoms with van der Waals surface area (Å²) in [6, 6.07) is 13.6. The maximum atomic E-state index is 12.2. The lowest BCUT2D eigenvalue weighted by molar-refractivity contribution is -0.235. The fourth-order valence-corrected chi connectivity index (χ4v) is 4.05. The Morgan fingerprint density at radius 2 is 1.89 bits per heavy atom. The van der Waals surface area contributed by atoms with Crippen LogP contribution in [-0.2, 0) is 22.6 Å². The van der Waals surface area contributed by atoms with E-state index in [-0.39, 0.29) is 0 Å². The number of hydrogen-bond acceptors (Lipinski definition) is 5. The average Bonchev–Trinajstić information content (AvgIpc) is 3.52.